The van der Waals surface area contributed by atoms with Gasteiger partial charge in [-0.15, -0.1) is 0 Å². The summed E-state index contributed by atoms with van der Waals surface area (Å²) in [5.74, 6) is 0. The van der Waals surface area contributed by atoms with Crippen molar-refractivity contribution in [2.45, 2.75) is 61.4 Å². The number of rotatable bonds is 5. The molecule has 7 N–H and O–H groups in total. The Bertz CT molecular complexity index is 392. The normalized spacial score (nSPS) is 50.0. The molecular weight excluding hydrogens is 332 g/mol. The minimum atomic E-state index is -1.69. The molecule has 11 nitrogen and oxygen atoms in total. The third kappa shape index (κ3) is 3.71. The van der Waals surface area contributed by atoms with Crippen LogP contribution in [0.3, 0.4) is 0 Å². The lowest BCUT2D eigenvalue weighted by Gasteiger charge is -2.45. The van der Waals surface area contributed by atoms with Crippen LogP contribution in [-0.4, -0.2) is 117 Å². The summed E-state index contributed by atoms with van der Waals surface area (Å²) in [4.78, 5) is 0. The van der Waals surface area contributed by atoms with Crippen LogP contribution in [0.5, 0.6) is 0 Å². The van der Waals surface area contributed by atoms with E-state index >= 15 is 0 Å². The second-order valence-corrected chi connectivity index (χ2v) is 5.74. The molecule has 0 radical (unpaired) electrons. The van der Waals surface area contributed by atoms with Gasteiger partial charge in [0, 0.05) is 7.11 Å². The largest absolute Gasteiger partial charge is 0.394 e. The Kier molecular flexibility index (Phi) is 6.87. The number of aliphatic hydroxyl groups excluding tert-OH is 7. The van der Waals surface area contributed by atoms with E-state index in [4.69, 9.17) is 24.1 Å². The molecule has 142 valence electrons. The van der Waals surface area contributed by atoms with Crippen molar-refractivity contribution in [2.24, 2.45) is 0 Å². The molecule has 11 heteroatoms. The van der Waals surface area contributed by atoms with Crippen molar-refractivity contribution in [1.29, 1.82) is 0 Å². The van der Waals surface area contributed by atoms with Crippen LogP contribution in [0.4, 0.5) is 0 Å². The van der Waals surface area contributed by atoms with E-state index in [1.807, 2.05) is 0 Å². The molecule has 0 bridgehead atoms. The summed E-state index contributed by atoms with van der Waals surface area (Å²) in [6, 6.07) is 0. The molecule has 0 aromatic carbocycles. The molecule has 0 unspecified atom stereocenters. The predicted octanol–water partition coefficient (Wildman–Crippen LogP) is -4.74. The molecule has 10 atom stereocenters. The van der Waals surface area contributed by atoms with Gasteiger partial charge in [-0.25, -0.2) is 0 Å². The average molecular weight is 356 g/mol. The third-order valence-electron chi connectivity index (χ3n) is 4.19. The smallest absolute Gasteiger partial charge is 0.187 e. The Labute approximate surface area is 137 Å². The van der Waals surface area contributed by atoms with E-state index in [0.29, 0.717) is 0 Å². The van der Waals surface area contributed by atoms with E-state index in [9.17, 15) is 30.6 Å². The van der Waals surface area contributed by atoms with Gasteiger partial charge in [0.25, 0.3) is 0 Å². The number of ether oxygens (including phenoxy) is 4. The van der Waals surface area contributed by atoms with Crippen LogP contribution < -0.4 is 0 Å². The Morgan fingerprint density at radius 3 is 1.79 bits per heavy atom. The lowest BCUT2D eigenvalue weighted by molar-refractivity contribution is -0.357. The molecule has 0 aliphatic carbocycles. The van der Waals surface area contributed by atoms with Crippen molar-refractivity contribution >= 4 is 0 Å². The number of hydrogen-bond acceptors (Lipinski definition) is 11. The first-order valence-electron chi connectivity index (χ1n) is 7.46. The summed E-state index contributed by atoms with van der Waals surface area (Å²) in [7, 11) is 1.24. The topological polar surface area (TPSA) is 179 Å². The minimum Gasteiger partial charge on any atom is -0.394 e. The number of hydrogen-bond donors (Lipinski definition) is 7. The van der Waals surface area contributed by atoms with Crippen molar-refractivity contribution in [3.63, 3.8) is 0 Å². The lowest BCUT2D eigenvalue weighted by atomic mass is 9.97. The molecule has 2 aliphatic rings. The Morgan fingerprint density at radius 1 is 0.708 bits per heavy atom. The highest BCUT2D eigenvalue weighted by Crippen LogP contribution is 2.29. The monoisotopic (exact) mass is 356 g/mol. The van der Waals surface area contributed by atoms with E-state index in [-0.39, 0.29) is 0 Å². The molecule has 0 saturated carbocycles. The average Bonchev–Trinajstić information content (AvgIpc) is 2.59. The summed E-state index contributed by atoms with van der Waals surface area (Å²) in [6.45, 7) is -1.24. The predicted molar refractivity (Wildman–Crippen MR) is 73.4 cm³/mol. The standard InChI is InChI=1S/C13H24O11/c1-21-12-10(20)8(18)11(5(3-15)23-12)24-13-9(19)7(17)6(16)4(2-14)22-13/h4-20H,2-3H2,1H3/t4-,5-,6+,7+,8-,9-,10-,11+,12+,13-/m1/s1. The molecule has 2 rings (SSSR count). The van der Waals surface area contributed by atoms with E-state index < -0.39 is 74.6 Å². The van der Waals surface area contributed by atoms with Crippen LogP contribution >= 0.6 is 0 Å². The third-order valence-corrected chi connectivity index (χ3v) is 4.19. The van der Waals surface area contributed by atoms with E-state index in [1.54, 1.807) is 0 Å². The Morgan fingerprint density at radius 2 is 1.25 bits per heavy atom. The van der Waals surface area contributed by atoms with E-state index in [0.717, 1.165) is 0 Å². The zero-order chi connectivity index (χ0) is 18.0. The number of aliphatic hydroxyl groups is 7. The van der Waals surface area contributed by atoms with Crippen LogP contribution in [0.15, 0.2) is 0 Å². The summed E-state index contributed by atoms with van der Waals surface area (Å²) in [5, 5.41) is 68.0. The van der Waals surface area contributed by atoms with Gasteiger partial charge in [0.15, 0.2) is 12.6 Å². The lowest BCUT2D eigenvalue weighted by Crippen LogP contribution is -2.64. The molecule has 2 saturated heterocycles. The van der Waals surface area contributed by atoms with Gasteiger partial charge in [-0.2, -0.15) is 0 Å². The molecule has 2 fully saturated rings. The van der Waals surface area contributed by atoms with E-state index in [2.05, 4.69) is 0 Å². The Balaban J connectivity index is 2.12. The quantitative estimate of drug-likeness (QED) is 0.251. The molecule has 0 aromatic rings. The molecule has 0 spiro atoms. The van der Waals surface area contributed by atoms with Crippen LogP contribution in [0.2, 0.25) is 0 Å². The first-order valence-corrected chi connectivity index (χ1v) is 7.46. The molecule has 0 amide bonds. The van der Waals surface area contributed by atoms with Crippen molar-refractivity contribution in [1.82, 2.24) is 0 Å². The summed E-state index contributed by atoms with van der Waals surface area (Å²) in [6.07, 6.45) is -14.3. The molecule has 24 heavy (non-hydrogen) atoms. The van der Waals surface area contributed by atoms with Crippen molar-refractivity contribution in [3.8, 4) is 0 Å². The zero-order valence-electron chi connectivity index (χ0n) is 13.0. The highest BCUT2D eigenvalue weighted by molar-refractivity contribution is 4.93. The van der Waals surface area contributed by atoms with Gasteiger partial charge in [-0.1, -0.05) is 0 Å². The first kappa shape index (κ1) is 19.9. The van der Waals surface area contributed by atoms with Gasteiger partial charge in [0.05, 0.1) is 13.2 Å². The first-order chi connectivity index (χ1) is 11.3. The molecule has 2 aliphatic heterocycles. The maximum Gasteiger partial charge on any atom is 0.187 e. The molecule has 0 aromatic heterocycles. The second-order valence-electron chi connectivity index (χ2n) is 5.74. The van der Waals surface area contributed by atoms with Crippen LogP contribution in [0, 0.1) is 0 Å². The van der Waals surface area contributed by atoms with Gasteiger partial charge in [0.2, 0.25) is 0 Å². The summed E-state index contributed by atoms with van der Waals surface area (Å²) < 4.78 is 20.6. The highest BCUT2D eigenvalue weighted by atomic mass is 16.7. The fourth-order valence-corrected chi connectivity index (χ4v) is 2.75. The van der Waals surface area contributed by atoms with Crippen LogP contribution in [0.1, 0.15) is 0 Å². The maximum absolute atomic E-state index is 10.2. The second kappa shape index (κ2) is 8.29. The van der Waals surface area contributed by atoms with Crippen molar-refractivity contribution in [2.75, 3.05) is 20.3 Å². The van der Waals surface area contributed by atoms with Gasteiger partial charge >= 0.3 is 0 Å². The van der Waals surface area contributed by atoms with Crippen LogP contribution in [0.25, 0.3) is 0 Å². The zero-order valence-corrected chi connectivity index (χ0v) is 13.0. The fourth-order valence-electron chi connectivity index (χ4n) is 2.75. The number of methoxy groups -OCH3 is 1. The maximum atomic E-state index is 10.2. The molecule has 2 heterocycles. The van der Waals surface area contributed by atoms with Crippen LogP contribution in [-0.2, 0) is 18.9 Å². The fraction of sp³-hybridized carbons (Fsp3) is 1.00. The molecular formula is C13H24O11. The minimum absolute atomic E-state index is 0.592. The Hall–Kier alpha value is -0.440. The van der Waals surface area contributed by atoms with Gasteiger partial charge in [-0.3, -0.25) is 0 Å². The summed E-state index contributed by atoms with van der Waals surface area (Å²) >= 11 is 0. The van der Waals surface area contributed by atoms with Gasteiger partial charge in [0.1, 0.15) is 48.8 Å². The highest BCUT2D eigenvalue weighted by Gasteiger charge is 2.50. The van der Waals surface area contributed by atoms with Gasteiger partial charge < -0.3 is 54.7 Å². The van der Waals surface area contributed by atoms with Gasteiger partial charge in [-0.05, 0) is 0 Å². The van der Waals surface area contributed by atoms with Crippen molar-refractivity contribution in [3.05, 3.63) is 0 Å². The van der Waals surface area contributed by atoms with Crippen molar-refractivity contribution < 1.29 is 54.7 Å². The summed E-state index contributed by atoms with van der Waals surface area (Å²) in [5.41, 5.74) is 0. The SMILES string of the molecule is CO[C@H]1O[C@H](CO)[C@H](O[C@H]2O[C@H](CO)[C@H](O)[C@H](O)[C@H]2O)[C@H](O)[C@H]1O. The van der Waals surface area contributed by atoms with E-state index in [1.165, 1.54) is 7.11 Å².